The first-order valence-electron chi connectivity index (χ1n) is 7.49. The monoisotopic (exact) mass is 358 g/mol. The number of aromatic amines is 1. The molecule has 2 heterocycles. The third-order valence-corrected chi connectivity index (χ3v) is 4.48. The second kappa shape index (κ2) is 6.05. The lowest BCUT2D eigenvalue weighted by Crippen LogP contribution is -2.34. The van der Waals surface area contributed by atoms with Gasteiger partial charge in [0.05, 0.1) is 18.3 Å². The molecular formula is C16H14F4N2O3. The fourth-order valence-electron chi connectivity index (χ4n) is 3.17. The number of fused-ring (bicyclic) bond motifs is 1. The summed E-state index contributed by atoms with van der Waals surface area (Å²) in [7, 11) is 0. The topological polar surface area (TPSA) is 73.4 Å². The number of aromatic nitrogens is 1. The van der Waals surface area contributed by atoms with E-state index in [1.54, 1.807) is 0 Å². The van der Waals surface area contributed by atoms with Crippen molar-refractivity contribution in [2.75, 3.05) is 13.1 Å². The van der Waals surface area contributed by atoms with Crippen LogP contribution in [-0.4, -0.2) is 46.1 Å². The molecule has 0 bridgehead atoms. The van der Waals surface area contributed by atoms with Crippen molar-refractivity contribution in [2.45, 2.75) is 12.6 Å². The molecular weight excluding hydrogens is 344 g/mol. The molecule has 9 heteroatoms. The fourth-order valence-corrected chi connectivity index (χ4v) is 3.17. The molecule has 1 aliphatic rings. The summed E-state index contributed by atoms with van der Waals surface area (Å²) in [4.78, 5) is 27.1. The zero-order valence-electron chi connectivity index (χ0n) is 12.8. The van der Waals surface area contributed by atoms with Gasteiger partial charge >= 0.3 is 12.1 Å². The summed E-state index contributed by atoms with van der Waals surface area (Å²) in [5, 5.41) is 9.59. The van der Waals surface area contributed by atoms with E-state index in [9.17, 15) is 27.2 Å². The van der Waals surface area contributed by atoms with Crippen LogP contribution in [-0.2, 0) is 16.0 Å². The van der Waals surface area contributed by atoms with Crippen LogP contribution in [0.1, 0.15) is 5.56 Å². The maximum atomic E-state index is 13.2. The summed E-state index contributed by atoms with van der Waals surface area (Å²) >= 11 is 0. The number of H-pyrrole nitrogens is 1. The number of carbonyl (C=O) groups is 2. The van der Waals surface area contributed by atoms with Gasteiger partial charge in [-0.3, -0.25) is 9.59 Å². The Morgan fingerprint density at radius 2 is 2.00 bits per heavy atom. The lowest BCUT2D eigenvalue weighted by Gasteiger charge is -2.18. The van der Waals surface area contributed by atoms with E-state index < -0.39 is 48.8 Å². The van der Waals surface area contributed by atoms with Crippen molar-refractivity contribution in [1.82, 2.24) is 9.88 Å². The quantitative estimate of drug-likeness (QED) is 0.829. The van der Waals surface area contributed by atoms with Gasteiger partial charge in [0.2, 0.25) is 5.91 Å². The number of carboxylic acid groups (broad SMARTS) is 1. The van der Waals surface area contributed by atoms with Gasteiger partial charge in [0.15, 0.2) is 0 Å². The van der Waals surface area contributed by atoms with E-state index in [-0.39, 0.29) is 6.42 Å². The number of nitrogens with one attached hydrogen (secondary N) is 1. The summed E-state index contributed by atoms with van der Waals surface area (Å²) in [6.07, 6.45) is -3.38. The van der Waals surface area contributed by atoms with Crippen LogP contribution in [0.15, 0.2) is 24.4 Å². The van der Waals surface area contributed by atoms with Gasteiger partial charge in [-0.2, -0.15) is 13.2 Å². The average Bonchev–Trinajstić information content (AvgIpc) is 3.11. The first kappa shape index (κ1) is 17.2. The maximum Gasteiger partial charge on any atom is 0.394 e. The van der Waals surface area contributed by atoms with E-state index in [4.69, 9.17) is 5.11 Å². The number of aliphatic carboxylic acids is 1. The van der Waals surface area contributed by atoms with E-state index in [1.807, 2.05) is 0 Å². The van der Waals surface area contributed by atoms with Gasteiger partial charge in [-0.15, -0.1) is 0 Å². The minimum absolute atomic E-state index is 0.192. The first-order valence-corrected chi connectivity index (χ1v) is 7.49. The van der Waals surface area contributed by atoms with Crippen molar-refractivity contribution in [1.29, 1.82) is 0 Å². The van der Waals surface area contributed by atoms with Gasteiger partial charge < -0.3 is 15.0 Å². The van der Waals surface area contributed by atoms with Crippen LogP contribution in [0.4, 0.5) is 17.6 Å². The van der Waals surface area contributed by atoms with Gasteiger partial charge in [-0.25, -0.2) is 4.39 Å². The first-order chi connectivity index (χ1) is 11.7. The second-order valence-corrected chi connectivity index (χ2v) is 6.07. The van der Waals surface area contributed by atoms with Crippen LogP contribution in [0.2, 0.25) is 0 Å². The molecule has 2 atom stereocenters. The maximum absolute atomic E-state index is 13.2. The van der Waals surface area contributed by atoms with Crippen molar-refractivity contribution in [2.24, 2.45) is 11.8 Å². The summed E-state index contributed by atoms with van der Waals surface area (Å²) < 4.78 is 52.1. The molecule has 1 amide bonds. The number of nitrogens with zero attached hydrogens (tertiary/aromatic N) is 1. The van der Waals surface area contributed by atoms with E-state index in [2.05, 4.69) is 4.98 Å². The Kier molecular flexibility index (Phi) is 4.18. The van der Waals surface area contributed by atoms with Crippen molar-refractivity contribution in [3.8, 4) is 0 Å². The summed E-state index contributed by atoms with van der Waals surface area (Å²) in [6, 6.07) is 3.95. The zero-order valence-corrected chi connectivity index (χ0v) is 12.8. The SMILES string of the molecule is O=C(O)[C@@H]1CN(C(=O)Cc2c[nH]c3cc(F)ccc23)C[C@H]1C(F)(F)F. The molecule has 2 N–H and O–H groups in total. The molecule has 0 saturated carbocycles. The average molecular weight is 358 g/mol. The van der Waals surface area contributed by atoms with Crippen LogP contribution in [0, 0.1) is 17.7 Å². The molecule has 5 nitrogen and oxygen atoms in total. The van der Waals surface area contributed by atoms with Crippen molar-refractivity contribution < 1.29 is 32.3 Å². The Labute approximate surface area is 139 Å². The van der Waals surface area contributed by atoms with Gasteiger partial charge in [0, 0.05) is 30.2 Å². The third-order valence-electron chi connectivity index (χ3n) is 4.48. The molecule has 0 spiro atoms. The molecule has 0 radical (unpaired) electrons. The lowest BCUT2D eigenvalue weighted by molar-refractivity contribution is -0.188. The minimum atomic E-state index is -4.68. The minimum Gasteiger partial charge on any atom is -0.481 e. The number of hydrogen-bond acceptors (Lipinski definition) is 2. The Balaban J connectivity index is 1.78. The van der Waals surface area contributed by atoms with Gasteiger partial charge in [0.25, 0.3) is 0 Å². The smallest absolute Gasteiger partial charge is 0.394 e. The van der Waals surface area contributed by atoms with Gasteiger partial charge in [0.1, 0.15) is 5.82 Å². The Bertz CT molecular complexity index is 830. The highest BCUT2D eigenvalue weighted by Crippen LogP contribution is 2.38. The number of likely N-dealkylation sites (tertiary alicyclic amines) is 1. The number of amides is 1. The van der Waals surface area contributed by atoms with Crippen LogP contribution < -0.4 is 0 Å². The Hall–Kier alpha value is -2.58. The summed E-state index contributed by atoms with van der Waals surface area (Å²) in [6.45, 7) is -1.15. The number of carbonyl (C=O) groups excluding carboxylic acids is 1. The largest absolute Gasteiger partial charge is 0.481 e. The molecule has 1 aromatic heterocycles. The number of halogens is 4. The predicted octanol–water partition coefficient (Wildman–Crippen LogP) is 2.57. The number of benzene rings is 1. The molecule has 0 unspecified atom stereocenters. The van der Waals surface area contributed by atoms with Crippen LogP contribution in [0.25, 0.3) is 10.9 Å². The second-order valence-electron chi connectivity index (χ2n) is 6.07. The molecule has 25 heavy (non-hydrogen) atoms. The molecule has 1 fully saturated rings. The van der Waals surface area contributed by atoms with Gasteiger partial charge in [-0.1, -0.05) is 0 Å². The highest BCUT2D eigenvalue weighted by molar-refractivity contribution is 5.89. The zero-order chi connectivity index (χ0) is 18.4. The normalized spacial score (nSPS) is 21.0. The fraction of sp³-hybridized carbons (Fsp3) is 0.375. The van der Waals surface area contributed by atoms with Crippen molar-refractivity contribution in [3.63, 3.8) is 0 Å². The molecule has 2 aromatic rings. The van der Waals surface area contributed by atoms with Crippen LogP contribution in [0.5, 0.6) is 0 Å². The highest BCUT2D eigenvalue weighted by atomic mass is 19.4. The lowest BCUT2D eigenvalue weighted by atomic mass is 9.96. The Morgan fingerprint density at radius 3 is 2.60 bits per heavy atom. The number of alkyl halides is 3. The highest BCUT2D eigenvalue weighted by Gasteiger charge is 2.53. The standard InChI is InChI=1S/C16H14F4N2O3/c17-9-1-2-10-8(5-21-13(10)4-9)3-14(23)22-6-11(15(24)25)12(7-22)16(18,19)20/h1-2,4-5,11-12,21H,3,6-7H2,(H,24,25)/t11-,12-/m1/s1. The number of hydrogen-bond donors (Lipinski definition) is 2. The van der Waals surface area contributed by atoms with Crippen LogP contribution in [0.3, 0.4) is 0 Å². The Morgan fingerprint density at radius 1 is 1.28 bits per heavy atom. The summed E-state index contributed by atoms with van der Waals surface area (Å²) in [5.41, 5.74) is 0.989. The van der Waals surface area contributed by atoms with E-state index in [0.29, 0.717) is 16.5 Å². The third kappa shape index (κ3) is 3.31. The molecule has 1 saturated heterocycles. The molecule has 1 aliphatic heterocycles. The van der Waals surface area contributed by atoms with E-state index >= 15 is 0 Å². The van der Waals surface area contributed by atoms with E-state index in [1.165, 1.54) is 24.4 Å². The summed E-state index contributed by atoms with van der Waals surface area (Å²) in [5.74, 6) is -6.36. The molecule has 134 valence electrons. The van der Waals surface area contributed by atoms with Crippen molar-refractivity contribution in [3.05, 3.63) is 35.8 Å². The van der Waals surface area contributed by atoms with Gasteiger partial charge in [-0.05, 0) is 23.8 Å². The predicted molar refractivity (Wildman–Crippen MR) is 79.2 cm³/mol. The number of carboxylic acids is 1. The van der Waals surface area contributed by atoms with Crippen molar-refractivity contribution >= 4 is 22.8 Å². The molecule has 0 aliphatic carbocycles. The molecule has 1 aromatic carbocycles. The number of rotatable bonds is 3. The van der Waals surface area contributed by atoms with E-state index in [0.717, 1.165) is 4.90 Å². The molecule has 3 rings (SSSR count). The van der Waals surface area contributed by atoms with Crippen LogP contribution >= 0.6 is 0 Å².